The van der Waals surface area contributed by atoms with Gasteiger partial charge in [0.25, 0.3) is 0 Å². The predicted octanol–water partition coefficient (Wildman–Crippen LogP) is 4.01. The Morgan fingerprint density at radius 1 is 1.05 bits per heavy atom. The van der Waals surface area contributed by atoms with Crippen LogP contribution in [0.5, 0.6) is 0 Å². The predicted molar refractivity (Wildman–Crippen MR) is 82.9 cm³/mol. The summed E-state index contributed by atoms with van der Waals surface area (Å²) in [6.07, 6.45) is 10.3. The second kappa shape index (κ2) is 14.6. The fourth-order valence-corrected chi connectivity index (χ4v) is 2.01. The molecule has 0 radical (unpaired) electrons. The molecule has 0 aliphatic rings. The molecule has 0 rings (SSSR count). The van der Waals surface area contributed by atoms with Gasteiger partial charge in [-0.05, 0) is 25.7 Å². The SMILES string of the molecule is CCCCCCCCCOC(=O)NCCCC(O)CC. The number of rotatable bonds is 13. The Morgan fingerprint density at radius 2 is 1.70 bits per heavy atom. The number of aliphatic hydroxyl groups is 1. The number of unbranched alkanes of at least 4 members (excludes halogenated alkanes) is 6. The van der Waals surface area contributed by atoms with Gasteiger partial charge in [-0.3, -0.25) is 0 Å². The van der Waals surface area contributed by atoms with Crippen LogP contribution in [-0.2, 0) is 4.74 Å². The van der Waals surface area contributed by atoms with E-state index in [2.05, 4.69) is 12.2 Å². The normalized spacial score (nSPS) is 12.2. The maximum absolute atomic E-state index is 11.3. The first-order valence-corrected chi connectivity index (χ1v) is 8.29. The van der Waals surface area contributed by atoms with Crippen molar-refractivity contribution in [1.82, 2.24) is 5.32 Å². The van der Waals surface area contributed by atoms with E-state index >= 15 is 0 Å². The Kier molecular flexibility index (Phi) is 14.1. The fraction of sp³-hybridized carbons (Fsp3) is 0.938. The molecule has 1 atom stereocenters. The molecule has 0 heterocycles. The molecule has 1 amide bonds. The maximum atomic E-state index is 11.3. The van der Waals surface area contributed by atoms with Gasteiger partial charge in [0, 0.05) is 6.54 Å². The average molecular weight is 287 g/mol. The molecule has 0 aromatic rings. The van der Waals surface area contributed by atoms with Crippen LogP contribution in [0.25, 0.3) is 0 Å². The third-order valence-electron chi connectivity index (χ3n) is 3.44. The van der Waals surface area contributed by atoms with Gasteiger partial charge in [-0.2, -0.15) is 0 Å². The third-order valence-corrected chi connectivity index (χ3v) is 3.44. The van der Waals surface area contributed by atoms with Crippen molar-refractivity contribution in [2.24, 2.45) is 0 Å². The van der Waals surface area contributed by atoms with Crippen molar-refractivity contribution in [1.29, 1.82) is 0 Å². The van der Waals surface area contributed by atoms with Crippen LogP contribution in [0.3, 0.4) is 0 Å². The van der Waals surface area contributed by atoms with E-state index in [1.54, 1.807) is 0 Å². The van der Waals surface area contributed by atoms with E-state index in [4.69, 9.17) is 4.74 Å². The van der Waals surface area contributed by atoms with E-state index in [9.17, 15) is 9.90 Å². The van der Waals surface area contributed by atoms with Gasteiger partial charge in [-0.15, -0.1) is 0 Å². The molecule has 4 heteroatoms. The minimum Gasteiger partial charge on any atom is -0.450 e. The highest BCUT2D eigenvalue weighted by Crippen LogP contribution is 2.06. The topological polar surface area (TPSA) is 58.6 Å². The number of ether oxygens (including phenoxy) is 1. The second-order valence-electron chi connectivity index (χ2n) is 5.39. The van der Waals surface area contributed by atoms with Crippen molar-refractivity contribution in [2.75, 3.05) is 13.2 Å². The summed E-state index contributed by atoms with van der Waals surface area (Å²) in [5.41, 5.74) is 0. The Hall–Kier alpha value is -0.770. The number of hydrogen-bond acceptors (Lipinski definition) is 3. The highest BCUT2D eigenvalue weighted by atomic mass is 16.5. The van der Waals surface area contributed by atoms with Crippen LogP contribution in [0.15, 0.2) is 0 Å². The number of aliphatic hydroxyl groups excluding tert-OH is 1. The number of amides is 1. The minimum absolute atomic E-state index is 0.250. The maximum Gasteiger partial charge on any atom is 0.407 e. The summed E-state index contributed by atoms with van der Waals surface area (Å²) in [6.45, 7) is 5.26. The van der Waals surface area contributed by atoms with Gasteiger partial charge in [0.2, 0.25) is 0 Å². The van der Waals surface area contributed by atoms with Gasteiger partial charge in [-0.25, -0.2) is 4.79 Å². The quantitative estimate of drug-likeness (QED) is 0.503. The summed E-state index contributed by atoms with van der Waals surface area (Å²) in [7, 11) is 0. The van der Waals surface area contributed by atoms with E-state index in [1.165, 1.54) is 32.1 Å². The van der Waals surface area contributed by atoms with E-state index in [-0.39, 0.29) is 12.2 Å². The molecule has 1 unspecified atom stereocenters. The lowest BCUT2D eigenvalue weighted by molar-refractivity contribution is 0.139. The van der Waals surface area contributed by atoms with Gasteiger partial charge in [0.15, 0.2) is 0 Å². The smallest absolute Gasteiger partial charge is 0.407 e. The van der Waals surface area contributed by atoms with Crippen LogP contribution in [0.2, 0.25) is 0 Å². The molecule has 0 saturated carbocycles. The molecular formula is C16H33NO3. The molecular weight excluding hydrogens is 254 g/mol. The summed E-state index contributed by atoms with van der Waals surface area (Å²) in [6, 6.07) is 0. The largest absolute Gasteiger partial charge is 0.450 e. The molecule has 0 spiro atoms. The highest BCUT2D eigenvalue weighted by molar-refractivity contribution is 5.66. The standard InChI is InChI=1S/C16H33NO3/c1-3-5-6-7-8-9-10-14-20-16(19)17-13-11-12-15(18)4-2/h15,18H,3-14H2,1-2H3,(H,17,19). The Labute approximate surface area is 124 Å². The van der Waals surface area contributed by atoms with Crippen LogP contribution < -0.4 is 5.32 Å². The zero-order valence-corrected chi connectivity index (χ0v) is 13.3. The minimum atomic E-state index is -0.332. The van der Waals surface area contributed by atoms with Crippen molar-refractivity contribution in [2.45, 2.75) is 84.2 Å². The van der Waals surface area contributed by atoms with E-state index in [0.29, 0.717) is 13.2 Å². The zero-order valence-electron chi connectivity index (χ0n) is 13.3. The third kappa shape index (κ3) is 13.7. The summed E-state index contributed by atoms with van der Waals surface area (Å²) in [4.78, 5) is 11.3. The van der Waals surface area contributed by atoms with Crippen LogP contribution in [0.1, 0.15) is 78.1 Å². The Morgan fingerprint density at radius 3 is 2.35 bits per heavy atom. The molecule has 0 aromatic carbocycles. The van der Waals surface area contributed by atoms with Gasteiger partial charge in [0.05, 0.1) is 12.7 Å². The molecule has 4 nitrogen and oxygen atoms in total. The van der Waals surface area contributed by atoms with Gasteiger partial charge in [0.1, 0.15) is 0 Å². The van der Waals surface area contributed by atoms with Crippen molar-refractivity contribution in [3.63, 3.8) is 0 Å². The molecule has 2 N–H and O–H groups in total. The number of alkyl carbamates (subject to hydrolysis) is 1. The summed E-state index contributed by atoms with van der Waals surface area (Å²) in [5, 5.41) is 12.1. The fourth-order valence-electron chi connectivity index (χ4n) is 2.01. The first-order chi connectivity index (χ1) is 9.70. The van der Waals surface area contributed by atoms with Gasteiger partial charge < -0.3 is 15.2 Å². The lowest BCUT2D eigenvalue weighted by atomic mass is 10.1. The van der Waals surface area contributed by atoms with Crippen molar-refractivity contribution >= 4 is 6.09 Å². The second-order valence-corrected chi connectivity index (χ2v) is 5.39. The van der Waals surface area contributed by atoms with E-state index in [1.807, 2.05) is 6.92 Å². The molecule has 0 bridgehead atoms. The summed E-state index contributed by atoms with van der Waals surface area (Å²) in [5.74, 6) is 0. The number of nitrogens with one attached hydrogen (secondary N) is 1. The Balaban J connectivity index is 3.20. The first-order valence-electron chi connectivity index (χ1n) is 8.29. The average Bonchev–Trinajstić information content (AvgIpc) is 2.46. The molecule has 0 aromatic heterocycles. The van der Waals surface area contributed by atoms with E-state index in [0.717, 1.165) is 32.1 Å². The van der Waals surface area contributed by atoms with E-state index < -0.39 is 0 Å². The first kappa shape index (κ1) is 19.2. The molecule has 0 aliphatic carbocycles. The number of carbonyl (C=O) groups excluding carboxylic acids is 1. The van der Waals surface area contributed by atoms with Crippen molar-refractivity contribution < 1.29 is 14.6 Å². The number of carbonyl (C=O) groups is 1. The monoisotopic (exact) mass is 287 g/mol. The highest BCUT2D eigenvalue weighted by Gasteiger charge is 2.03. The van der Waals surface area contributed by atoms with Gasteiger partial charge >= 0.3 is 6.09 Å². The van der Waals surface area contributed by atoms with Crippen molar-refractivity contribution in [3.05, 3.63) is 0 Å². The van der Waals surface area contributed by atoms with Crippen LogP contribution in [-0.4, -0.2) is 30.5 Å². The molecule has 0 fully saturated rings. The molecule has 0 aliphatic heterocycles. The molecule has 0 saturated heterocycles. The summed E-state index contributed by atoms with van der Waals surface area (Å²) < 4.78 is 5.09. The molecule has 120 valence electrons. The molecule has 20 heavy (non-hydrogen) atoms. The number of hydrogen-bond donors (Lipinski definition) is 2. The zero-order chi connectivity index (χ0) is 15.1. The van der Waals surface area contributed by atoms with Crippen LogP contribution in [0, 0.1) is 0 Å². The Bertz CT molecular complexity index is 222. The van der Waals surface area contributed by atoms with Crippen LogP contribution >= 0.6 is 0 Å². The summed E-state index contributed by atoms with van der Waals surface area (Å²) >= 11 is 0. The lowest BCUT2D eigenvalue weighted by Gasteiger charge is -2.09. The van der Waals surface area contributed by atoms with Gasteiger partial charge in [-0.1, -0.05) is 52.4 Å². The van der Waals surface area contributed by atoms with Crippen LogP contribution in [0.4, 0.5) is 4.79 Å². The lowest BCUT2D eigenvalue weighted by Crippen LogP contribution is -2.26. The van der Waals surface area contributed by atoms with Crippen molar-refractivity contribution in [3.8, 4) is 0 Å².